The van der Waals surface area contributed by atoms with E-state index in [1.807, 2.05) is 29.2 Å². The van der Waals surface area contributed by atoms with E-state index in [1.165, 1.54) is 16.7 Å². The second-order valence-electron chi connectivity index (χ2n) is 8.71. The van der Waals surface area contributed by atoms with Gasteiger partial charge in [0.2, 0.25) is 0 Å². The summed E-state index contributed by atoms with van der Waals surface area (Å²) in [5.41, 5.74) is 1.58. The highest BCUT2D eigenvalue weighted by molar-refractivity contribution is 7.99. The van der Waals surface area contributed by atoms with Crippen molar-refractivity contribution in [2.45, 2.75) is 30.8 Å². The van der Waals surface area contributed by atoms with Crippen LogP contribution in [0.1, 0.15) is 13.3 Å². The molecule has 36 heavy (non-hydrogen) atoms. The van der Waals surface area contributed by atoms with Crippen molar-refractivity contribution >= 4 is 46.9 Å². The topological polar surface area (TPSA) is 124 Å². The van der Waals surface area contributed by atoms with Gasteiger partial charge in [0.05, 0.1) is 6.61 Å². The molecule has 1 aromatic carbocycles. The number of aliphatic imine (C=N–C) groups is 1. The number of para-hydroxylation sites is 2. The molecule has 0 radical (unpaired) electrons. The van der Waals surface area contributed by atoms with Gasteiger partial charge in [-0.2, -0.15) is 0 Å². The van der Waals surface area contributed by atoms with Crippen molar-refractivity contribution in [3.05, 3.63) is 24.3 Å². The maximum Gasteiger partial charge on any atom is 0.409 e. The third-order valence-corrected chi connectivity index (χ3v) is 7.38. The summed E-state index contributed by atoms with van der Waals surface area (Å²) in [4.78, 5) is 53.7. The summed E-state index contributed by atoms with van der Waals surface area (Å²) >= 11 is 1.52. The van der Waals surface area contributed by atoms with Gasteiger partial charge in [-0.05, 0) is 25.5 Å². The highest BCUT2D eigenvalue weighted by Crippen LogP contribution is 2.28. The standard InChI is InChI=1S/C23H29N7O5S/c1-3-34-23(33)29-12-10-28(11-13-29)20-25-18-17(19(31)26-21(32)27(18)2)30(20)9-6-14-36-22-24-15-7-4-5-8-16(15)35-22/h4-5,7-8,17-18H,3,6,9-14H2,1-2H3,(H,26,31,32). The van der Waals surface area contributed by atoms with E-state index in [4.69, 9.17) is 14.1 Å². The number of nitrogens with one attached hydrogen (secondary N) is 1. The van der Waals surface area contributed by atoms with Crippen LogP contribution in [-0.2, 0) is 9.53 Å². The van der Waals surface area contributed by atoms with Crippen LogP contribution in [-0.4, -0.2) is 113 Å². The van der Waals surface area contributed by atoms with Gasteiger partial charge >= 0.3 is 12.1 Å². The minimum absolute atomic E-state index is 0.322. The zero-order chi connectivity index (χ0) is 25.2. The molecule has 1 N–H and O–H groups in total. The van der Waals surface area contributed by atoms with Gasteiger partial charge in [0.25, 0.3) is 11.1 Å². The molecule has 0 aliphatic carbocycles. The summed E-state index contributed by atoms with van der Waals surface area (Å²) in [7, 11) is 1.64. The first-order chi connectivity index (χ1) is 17.5. The third-order valence-electron chi connectivity index (χ3n) is 6.47. The molecule has 13 heteroatoms. The molecular weight excluding hydrogens is 486 g/mol. The largest absolute Gasteiger partial charge is 0.450 e. The number of carbonyl (C=O) groups excluding carboxylic acids is 3. The molecule has 192 valence electrons. The molecule has 2 saturated heterocycles. The number of piperazine rings is 1. The monoisotopic (exact) mass is 515 g/mol. The van der Waals surface area contributed by atoms with Gasteiger partial charge in [-0.25, -0.2) is 19.6 Å². The number of hydrogen-bond donors (Lipinski definition) is 1. The van der Waals surface area contributed by atoms with Gasteiger partial charge in [0.15, 0.2) is 23.8 Å². The Labute approximate surface area is 212 Å². The van der Waals surface area contributed by atoms with E-state index in [0.29, 0.717) is 50.5 Å². The number of carbonyl (C=O) groups is 3. The van der Waals surface area contributed by atoms with Crippen molar-refractivity contribution in [1.29, 1.82) is 0 Å². The Balaban J connectivity index is 1.25. The lowest BCUT2D eigenvalue weighted by Crippen LogP contribution is -2.64. The van der Waals surface area contributed by atoms with Crippen LogP contribution < -0.4 is 5.32 Å². The zero-order valence-corrected chi connectivity index (χ0v) is 21.1. The summed E-state index contributed by atoms with van der Waals surface area (Å²) in [5, 5.41) is 3.05. The van der Waals surface area contributed by atoms with Crippen LogP contribution >= 0.6 is 11.8 Å². The highest BCUT2D eigenvalue weighted by atomic mass is 32.2. The van der Waals surface area contributed by atoms with Crippen LogP contribution in [0.2, 0.25) is 0 Å². The molecule has 2 fully saturated rings. The number of urea groups is 1. The Morgan fingerprint density at radius 3 is 2.75 bits per heavy atom. The second kappa shape index (κ2) is 10.2. The SMILES string of the molecule is CCOC(=O)N1CCN(C2=NC3C(C(=O)NC(=O)N3C)N2CCCSc2nc3ccccc3o2)CC1. The number of nitrogens with zero attached hydrogens (tertiary/aromatic N) is 6. The quantitative estimate of drug-likeness (QED) is 0.452. The molecule has 12 nitrogen and oxygen atoms in total. The second-order valence-corrected chi connectivity index (χ2v) is 9.75. The van der Waals surface area contributed by atoms with Crippen LogP contribution in [0.15, 0.2) is 38.9 Å². The first-order valence-electron chi connectivity index (χ1n) is 12.0. The molecule has 0 spiro atoms. The summed E-state index contributed by atoms with van der Waals surface area (Å²) in [6.45, 7) is 4.80. The number of ether oxygens (including phenoxy) is 1. The Morgan fingerprint density at radius 1 is 1.22 bits per heavy atom. The van der Waals surface area contributed by atoms with Crippen LogP contribution in [0, 0.1) is 0 Å². The van der Waals surface area contributed by atoms with Crippen molar-refractivity contribution in [3.63, 3.8) is 0 Å². The molecule has 2 atom stereocenters. The Kier molecular flexibility index (Phi) is 6.90. The number of amides is 4. The summed E-state index contributed by atoms with van der Waals surface area (Å²) in [5.74, 6) is 1.07. The van der Waals surface area contributed by atoms with E-state index in [-0.39, 0.29) is 12.0 Å². The van der Waals surface area contributed by atoms with Gasteiger partial charge in [-0.1, -0.05) is 23.9 Å². The van der Waals surface area contributed by atoms with Gasteiger partial charge in [-0.15, -0.1) is 0 Å². The van der Waals surface area contributed by atoms with Crippen LogP contribution in [0.25, 0.3) is 11.1 Å². The minimum Gasteiger partial charge on any atom is -0.450 e. The molecular formula is C23H29N7O5S. The molecule has 0 bridgehead atoms. The van der Waals surface area contributed by atoms with Gasteiger partial charge in [0.1, 0.15) is 5.52 Å². The molecule has 2 aromatic rings. The fourth-order valence-corrected chi connectivity index (χ4v) is 5.38. The number of aromatic nitrogens is 1. The van der Waals surface area contributed by atoms with E-state index in [2.05, 4.69) is 15.2 Å². The van der Waals surface area contributed by atoms with Crippen LogP contribution in [0.3, 0.4) is 0 Å². The molecule has 3 aliphatic rings. The number of imide groups is 1. The van der Waals surface area contributed by atoms with E-state index < -0.39 is 18.2 Å². The number of fused-ring (bicyclic) bond motifs is 2. The third kappa shape index (κ3) is 4.66. The van der Waals surface area contributed by atoms with Crippen LogP contribution in [0.5, 0.6) is 0 Å². The van der Waals surface area contributed by atoms with E-state index >= 15 is 0 Å². The van der Waals surface area contributed by atoms with Crippen molar-refractivity contribution in [1.82, 2.24) is 29.9 Å². The number of likely N-dealkylation sites (N-methyl/N-ethyl adjacent to an activating group) is 1. The molecule has 1 aromatic heterocycles. The zero-order valence-electron chi connectivity index (χ0n) is 20.3. The number of hydrogen-bond acceptors (Lipinski definition) is 10. The fourth-order valence-electron chi connectivity index (χ4n) is 4.62. The Morgan fingerprint density at radius 2 is 2.00 bits per heavy atom. The lowest BCUT2D eigenvalue weighted by molar-refractivity contribution is -0.127. The summed E-state index contributed by atoms with van der Waals surface area (Å²) in [6, 6.07) is 6.59. The van der Waals surface area contributed by atoms with E-state index in [0.717, 1.165) is 23.3 Å². The van der Waals surface area contributed by atoms with Gasteiger partial charge in [0, 0.05) is 45.5 Å². The molecule has 4 heterocycles. The van der Waals surface area contributed by atoms with E-state index in [1.54, 1.807) is 18.9 Å². The average molecular weight is 516 g/mol. The molecule has 2 unspecified atom stereocenters. The number of benzene rings is 1. The maximum atomic E-state index is 12.8. The molecule has 4 amide bonds. The Hall–Kier alpha value is -3.48. The summed E-state index contributed by atoms with van der Waals surface area (Å²) < 4.78 is 10.9. The fraction of sp³-hybridized carbons (Fsp3) is 0.522. The first kappa shape index (κ1) is 24.2. The van der Waals surface area contributed by atoms with E-state index in [9.17, 15) is 14.4 Å². The summed E-state index contributed by atoms with van der Waals surface area (Å²) in [6.07, 6.45) is -0.162. The lowest BCUT2D eigenvalue weighted by atomic mass is 10.1. The van der Waals surface area contributed by atoms with Crippen molar-refractivity contribution < 1.29 is 23.5 Å². The predicted octanol–water partition coefficient (Wildman–Crippen LogP) is 1.63. The van der Waals surface area contributed by atoms with Gasteiger partial charge in [-0.3, -0.25) is 10.1 Å². The van der Waals surface area contributed by atoms with Crippen molar-refractivity contribution in [3.8, 4) is 0 Å². The normalized spacial score (nSPS) is 22.1. The number of guanidine groups is 1. The Bertz CT molecular complexity index is 1150. The van der Waals surface area contributed by atoms with Crippen LogP contribution in [0.4, 0.5) is 9.59 Å². The maximum absolute atomic E-state index is 12.8. The van der Waals surface area contributed by atoms with Crippen molar-refractivity contribution in [2.75, 3.05) is 52.1 Å². The minimum atomic E-state index is -0.597. The number of rotatable bonds is 6. The molecule has 3 aliphatic heterocycles. The highest BCUT2D eigenvalue weighted by Gasteiger charge is 2.49. The first-order valence-corrected chi connectivity index (χ1v) is 13.0. The van der Waals surface area contributed by atoms with Gasteiger partial charge < -0.3 is 28.8 Å². The molecule has 0 saturated carbocycles. The predicted molar refractivity (Wildman–Crippen MR) is 133 cm³/mol. The molecule has 5 rings (SSSR count). The van der Waals surface area contributed by atoms with Crippen molar-refractivity contribution in [2.24, 2.45) is 4.99 Å². The number of oxazole rings is 1. The smallest absolute Gasteiger partial charge is 0.409 e. The average Bonchev–Trinajstić information content (AvgIpc) is 3.47. The lowest BCUT2D eigenvalue weighted by Gasteiger charge is -2.40. The number of thioether (sulfide) groups is 1.